The third kappa shape index (κ3) is 5.19. The molecule has 0 radical (unpaired) electrons. The predicted molar refractivity (Wildman–Crippen MR) is 103 cm³/mol. The number of benzene rings is 2. The zero-order valence-electron chi connectivity index (χ0n) is 14.9. The van der Waals surface area contributed by atoms with Crippen molar-refractivity contribution < 1.29 is 19.0 Å². The van der Waals surface area contributed by atoms with Crippen molar-refractivity contribution >= 4 is 27.7 Å². The van der Waals surface area contributed by atoms with E-state index in [9.17, 15) is 14.3 Å². The zero-order chi connectivity index (χ0) is 19.3. The van der Waals surface area contributed by atoms with E-state index >= 15 is 0 Å². The van der Waals surface area contributed by atoms with Crippen LogP contribution < -0.4 is 10.6 Å². The van der Waals surface area contributed by atoms with Crippen LogP contribution in [0.2, 0.25) is 0 Å². The SMILES string of the molecule is CNCc1cc(NC(=O)OCC(C)c2ccc(Br)cc2C)cc(F)c1O. The van der Waals surface area contributed by atoms with Crippen LogP contribution in [0.1, 0.15) is 29.5 Å². The van der Waals surface area contributed by atoms with Crippen LogP contribution in [0, 0.1) is 12.7 Å². The average molecular weight is 425 g/mol. The molecule has 0 saturated carbocycles. The Hall–Kier alpha value is -2.12. The van der Waals surface area contributed by atoms with E-state index in [2.05, 4.69) is 26.6 Å². The Morgan fingerprint density at radius 1 is 1.35 bits per heavy atom. The number of carbonyl (C=O) groups excluding carboxylic acids is 1. The van der Waals surface area contributed by atoms with Gasteiger partial charge < -0.3 is 15.2 Å². The maximum Gasteiger partial charge on any atom is 0.411 e. The van der Waals surface area contributed by atoms with Crippen molar-refractivity contribution in [2.45, 2.75) is 26.3 Å². The van der Waals surface area contributed by atoms with Crippen LogP contribution in [0.5, 0.6) is 5.75 Å². The van der Waals surface area contributed by atoms with Crippen LogP contribution in [-0.4, -0.2) is 24.9 Å². The van der Waals surface area contributed by atoms with E-state index in [1.807, 2.05) is 32.0 Å². The van der Waals surface area contributed by atoms with E-state index in [1.165, 1.54) is 6.07 Å². The fraction of sp³-hybridized carbons (Fsp3) is 0.316. The highest BCUT2D eigenvalue weighted by molar-refractivity contribution is 9.10. The predicted octanol–water partition coefficient (Wildman–Crippen LogP) is 4.67. The van der Waals surface area contributed by atoms with Crippen LogP contribution in [0.3, 0.4) is 0 Å². The van der Waals surface area contributed by atoms with Crippen molar-refractivity contribution in [2.75, 3.05) is 19.0 Å². The molecule has 0 spiro atoms. The highest BCUT2D eigenvalue weighted by atomic mass is 79.9. The molecule has 0 saturated heterocycles. The topological polar surface area (TPSA) is 70.6 Å². The molecule has 0 aromatic heterocycles. The van der Waals surface area contributed by atoms with Gasteiger partial charge in [-0.05, 0) is 43.3 Å². The number of carbonyl (C=O) groups is 1. The second-order valence-electron chi connectivity index (χ2n) is 6.12. The Morgan fingerprint density at radius 3 is 2.73 bits per heavy atom. The minimum Gasteiger partial charge on any atom is -0.505 e. The summed E-state index contributed by atoms with van der Waals surface area (Å²) in [6, 6.07) is 8.50. The zero-order valence-corrected chi connectivity index (χ0v) is 16.5. The molecular weight excluding hydrogens is 403 g/mol. The quantitative estimate of drug-likeness (QED) is 0.589. The van der Waals surface area contributed by atoms with Crippen LogP contribution in [0.4, 0.5) is 14.9 Å². The van der Waals surface area contributed by atoms with Gasteiger partial charge in [0.2, 0.25) is 0 Å². The maximum absolute atomic E-state index is 13.8. The molecule has 26 heavy (non-hydrogen) atoms. The minimum atomic E-state index is -0.799. The molecule has 0 bridgehead atoms. The van der Waals surface area contributed by atoms with Crippen molar-refractivity contribution in [3.63, 3.8) is 0 Å². The molecule has 2 aromatic carbocycles. The standard InChI is InChI=1S/C19H22BrFN2O3/c1-11-6-14(20)4-5-16(11)12(2)10-26-19(25)23-15-7-13(9-22-3)18(24)17(21)8-15/h4-8,12,22,24H,9-10H2,1-3H3,(H,23,25). The maximum atomic E-state index is 13.8. The van der Waals surface area contributed by atoms with Crippen molar-refractivity contribution in [2.24, 2.45) is 0 Å². The molecule has 7 heteroatoms. The first-order valence-corrected chi connectivity index (χ1v) is 8.97. The lowest BCUT2D eigenvalue weighted by atomic mass is 9.97. The molecule has 2 rings (SSSR count). The molecule has 5 nitrogen and oxygen atoms in total. The van der Waals surface area contributed by atoms with Gasteiger partial charge in [0.25, 0.3) is 0 Å². The number of aromatic hydroxyl groups is 1. The van der Waals surface area contributed by atoms with E-state index in [-0.39, 0.29) is 24.8 Å². The highest BCUT2D eigenvalue weighted by Gasteiger charge is 2.14. The van der Waals surface area contributed by atoms with Gasteiger partial charge in [-0.3, -0.25) is 5.32 Å². The van der Waals surface area contributed by atoms with Gasteiger partial charge in [-0.25, -0.2) is 9.18 Å². The Balaban J connectivity index is 1.98. The number of phenols is 1. The van der Waals surface area contributed by atoms with Crippen molar-refractivity contribution in [3.05, 3.63) is 57.3 Å². The van der Waals surface area contributed by atoms with Gasteiger partial charge in [0.15, 0.2) is 11.6 Å². The summed E-state index contributed by atoms with van der Waals surface area (Å²) in [5.41, 5.74) is 2.77. The molecule has 0 aliphatic rings. The van der Waals surface area contributed by atoms with Crippen LogP contribution in [0.15, 0.2) is 34.8 Å². The first-order chi connectivity index (χ1) is 12.3. The molecule has 1 amide bonds. The van der Waals surface area contributed by atoms with E-state index in [1.54, 1.807) is 7.05 Å². The van der Waals surface area contributed by atoms with Crippen molar-refractivity contribution in [1.82, 2.24) is 5.32 Å². The van der Waals surface area contributed by atoms with E-state index in [0.717, 1.165) is 21.7 Å². The summed E-state index contributed by atoms with van der Waals surface area (Å²) in [6.07, 6.45) is -0.674. The summed E-state index contributed by atoms with van der Waals surface area (Å²) in [5, 5.41) is 15.0. The molecule has 3 N–H and O–H groups in total. The Kier molecular flexibility index (Phi) is 6.99. The number of phenolic OH excluding ortho intramolecular Hbond substituents is 1. The summed E-state index contributed by atoms with van der Waals surface area (Å²) in [6.45, 7) is 4.43. The number of ether oxygens (including phenoxy) is 1. The average Bonchev–Trinajstić information content (AvgIpc) is 2.57. The normalized spacial score (nSPS) is 11.9. The van der Waals surface area contributed by atoms with Crippen LogP contribution in [-0.2, 0) is 11.3 Å². The Bertz CT molecular complexity index is 799. The Morgan fingerprint density at radius 2 is 2.08 bits per heavy atom. The highest BCUT2D eigenvalue weighted by Crippen LogP contribution is 2.26. The largest absolute Gasteiger partial charge is 0.505 e. The number of rotatable bonds is 6. The molecule has 0 fully saturated rings. The number of anilines is 1. The molecule has 140 valence electrons. The van der Waals surface area contributed by atoms with Crippen LogP contribution >= 0.6 is 15.9 Å². The Labute approximate surface area is 160 Å². The first-order valence-electron chi connectivity index (χ1n) is 8.17. The van der Waals surface area contributed by atoms with Crippen molar-refractivity contribution in [1.29, 1.82) is 0 Å². The molecule has 1 atom stereocenters. The fourth-order valence-corrected chi connectivity index (χ4v) is 3.17. The number of amides is 1. The number of hydrogen-bond acceptors (Lipinski definition) is 4. The molecule has 0 aliphatic carbocycles. The van der Waals surface area contributed by atoms with Gasteiger partial charge in [-0.1, -0.05) is 28.9 Å². The lowest BCUT2D eigenvalue weighted by Gasteiger charge is -2.16. The third-order valence-electron chi connectivity index (χ3n) is 3.98. The molecular formula is C19H22BrFN2O3. The molecule has 0 aliphatic heterocycles. The number of aryl methyl sites for hydroxylation is 1. The van der Waals surface area contributed by atoms with Gasteiger partial charge in [0, 0.05) is 34.3 Å². The van der Waals surface area contributed by atoms with Gasteiger partial charge in [-0.2, -0.15) is 0 Å². The third-order valence-corrected chi connectivity index (χ3v) is 4.48. The monoisotopic (exact) mass is 424 g/mol. The number of halogens is 2. The van der Waals surface area contributed by atoms with Gasteiger partial charge >= 0.3 is 6.09 Å². The minimum absolute atomic E-state index is 0.0188. The fourth-order valence-electron chi connectivity index (χ4n) is 2.69. The first kappa shape index (κ1) is 20.2. The van der Waals surface area contributed by atoms with E-state index < -0.39 is 17.7 Å². The number of nitrogens with one attached hydrogen (secondary N) is 2. The number of hydrogen-bond donors (Lipinski definition) is 3. The lowest BCUT2D eigenvalue weighted by molar-refractivity contribution is 0.155. The van der Waals surface area contributed by atoms with Gasteiger partial charge in [0.05, 0.1) is 6.61 Å². The summed E-state index contributed by atoms with van der Waals surface area (Å²) in [4.78, 5) is 12.0. The second-order valence-corrected chi connectivity index (χ2v) is 7.04. The lowest BCUT2D eigenvalue weighted by Crippen LogP contribution is -2.18. The molecule has 1 unspecified atom stereocenters. The molecule has 2 aromatic rings. The van der Waals surface area contributed by atoms with Gasteiger partial charge in [-0.15, -0.1) is 0 Å². The van der Waals surface area contributed by atoms with Crippen LogP contribution in [0.25, 0.3) is 0 Å². The summed E-state index contributed by atoms with van der Waals surface area (Å²) in [5.74, 6) is -1.21. The van der Waals surface area contributed by atoms with Crippen molar-refractivity contribution in [3.8, 4) is 5.75 Å². The second kappa shape index (κ2) is 9.00. The smallest absolute Gasteiger partial charge is 0.411 e. The van der Waals surface area contributed by atoms with E-state index in [4.69, 9.17) is 4.74 Å². The summed E-state index contributed by atoms with van der Waals surface area (Å²) < 4.78 is 20.0. The summed E-state index contributed by atoms with van der Waals surface area (Å²) >= 11 is 3.42. The summed E-state index contributed by atoms with van der Waals surface area (Å²) in [7, 11) is 1.68. The van der Waals surface area contributed by atoms with E-state index in [0.29, 0.717) is 5.56 Å². The van der Waals surface area contributed by atoms with Gasteiger partial charge in [0.1, 0.15) is 0 Å². The molecule has 0 heterocycles.